The summed E-state index contributed by atoms with van der Waals surface area (Å²) in [7, 11) is 0. The maximum atomic E-state index is 2.30. The van der Waals surface area contributed by atoms with E-state index in [-0.39, 0.29) is 0 Å². The summed E-state index contributed by atoms with van der Waals surface area (Å²) in [6, 6.07) is 0. The van der Waals surface area contributed by atoms with Gasteiger partial charge in [0.15, 0.2) is 0 Å². The Kier molecular flexibility index (Phi) is 26.7. The van der Waals surface area contributed by atoms with Crippen molar-refractivity contribution in [2.45, 2.75) is 155 Å². The van der Waals surface area contributed by atoms with Crippen LogP contribution in [0.3, 0.4) is 0 Å². The molecule has 27 heavy (non-hydrogen) atoms. The molecule has 0 rings (SSSR count). The highest BCUT2D eigenvalue weighted by Crippen LogP contribution is 2.15. The Labute approximate surface area is 178 Å². The molecule has 0 radical (unpaired) electrons. The van der Waals surface area contributed by atoms with Crippen LogP contribution in [0.5, 0.6) is 0 Å². The fourth-order valence-corrected chi connectivity index (χ4v) is 4.86. The van der Waals surface area contributed by atoms with Gasteiger partial charge in [-0.15, -0.1) is 0 Å². The molecule has 0 saturated heterocycles. The summed E-state index contributed by atoms with van der Waals surface area (Å²) in [4.78, 5) is 0. The maximum Gasteiger partial charge on any atom is -0.00675 e. The Morgan fingerprint density at radius 3 is 0.778 bits per heavy atom. The quantitative estimate of drug-likeness (QED) is 0.146. The van der Waals surface area contributed by atoms with E-state index in [1.54, 1.807) is 0 Å². The van der Waals surface area contributed by atoms with Crippen molar-refractivity contribution in [3.63, 3.8) is 0 Å². The van der Waals surface area contributed by atoms with Crippen molar-refractivity contribution < 1.29 is 0 Å². The van der Waals surface area contributed by atoms with Crippen LogP contribution < -0.4 is 0 Å². The molecule has 0 aromatic rings. The Morgan fingerprint density at radius 1 is 0.296 bits per heavy atom. The second-order valence-corrected chi connectivity index (χ2v) is 9.91. The van der Waals surface area contributed by atoms with Crippen LogP contribution in [0.1, 0.15) is 155 Å². The Bertz CT molecular complexity index is 214. The van der Waals surface area contributed by atoms with E-state index in [1.807, 2.05) is 0 Å². The van der Waals surface area contributed by atoms with E-state index in [2.05, 4.69) is 25.6 Å². The summed E-state index contributed by atoms with van der Waals surface area (Å²) in [5, 5.41) is 0. The zero-order chi connectivity index (χ0) is 19.7. The second-order valence-electron chi connectivity index (χ2n) is 8.68. The highest BCUT2D eigenvalue weighted by atomic mass is 32.2. The minimum absolute atomic E-state index is 1.37. The predicted molar refractivity (Wildman–Crippen MR) is 130 cm³/mol. The average molecular weight is 399 g/mol. The molecule has 0 N–H and O–H groups in total. The molecule has 0 spiro atoms. The fourth-order valence-electron chi connectivity index (χ4n) is 3.84. The third-order valence-electron chi connectivity index (χ3n) is 5.78. The Morgan fingerprint density at radius 2 is 0.519 bits per heavy atom. The first-order valence-corrected chi connectivity index (χ1v) is 14.1. The van der Waals surface area contributed by atoms with Crippen LogP contribution in [0.25, 0.3) is 0 Å². The van der Waals surface area contributed by atoms with Gasteiger partial charge in [-0.3, -0.25) is 0 Å². The van der Waals surface area contributed by atoms with Crippen molar-refractivity contribution in [3.8, 4) is 0 Å². The normalized spacial score (nSPS) is 11.3. The van der Waals surface area contributed by atoms with Crippen LogP contribution in [0, 0.1) is 0 Å². The first kappa shape index (κ1) is 27.4. The molecule has 1 heteroatoms. The smallest absolute Gasteiger partial charge is 0.00675 e. The molecule has 0 unspecified atom stereocenters. The molecule has 0 aromatic carbocycles. The molecule has 0 aliphatic rings. The Hall–Kier alpha value is 0.350. The lowest BCUT2D eigenvalue weighted by molar-refractivity contribution is 0.554. The van der Waals surface area contributed by atoms with Gasteiger partial charge in [0.1, 0.15) is 0 Å². The fraction of sp³-hybridized carbons (Fsp3) is 1.00. The maximum absolute atomic E-state index is 2.30. The van der Waals surface area contributed by atoms with E-state index in [0.29, 0.717) is 0 Å². The van der Waals surface area contributed by atoms with Crippen LogP contribution in [0.2, 0.25) is 0 Å². The molecule has 0 atom stereocenters. The molecule has 0 aliphatic heterocycles. The summed E-state index contributed by atoms with van der Waals surface area (Å²) >= 11 is 2.21. The van der Waals surface area contributed by atoms with Gasteiger partial charge in [0.05, 0.1) is 0 Å². The molecule has 0 aliphatic carbocycles. The molecule has 0 fully saturated rings. The third-order valence-corrected chi connectivity index (χ3v) is 6.94. The molecule has 0 nitrogen and oxygen atoms in total. The van der Waals surface area contributed by atoms with Gasteiger partial charge < -0.3 is 0 Å². The SMILES string of the molecule is CCCCCCCCCCCCCSCCCCCCCCCCCCC. The van der Waals surface area contributed by atoms with Crippen LogP contribution in [-0.4, -0.2) is 11.5 Å². The van der Waals surface area contributed by atoms with Gasteiger partial charge in [0.2, 0.25) is 0 Å². The van der Waals surface area contributed by atoms with Crippen LogP contribution in [0.15, 0.2) is 0 Å². The van der Waals surface area contributed by atoms with Crippen molar-refractivity contribution >= 4 is 11.8 Å². The minimum atomic E-state index is 1.37. The monoisotopic (exact) mass is 398 g/mol. The predicted octanol–water partition coefficient (Wildman–Crippen LogP) is 10.3. The van der Waals surface area contributed by atoms with Crippen molar-refractivity contribution in [1.29, 1.82) is 0 Å². The zero-order valence-corrected chi connectivity index (χ0v) is 20.2. The highest BCUT2D eigenvalue weighted by molar-refractivity contribution is 7.99. The topological polar surface area (TPSA) is 0 Å². The van der Waals surface area contributed by atoms with Crippen molar-refractivity contribution in [2.24, 2.45) is 0 Å². The molecule has 0 saturated carbocycles. The van der Waals surface area contributed by atoms with E-state index in [9.17, 15) is 0 Å². The van der Waals surface area contributed by atoms with Gasteiger partial charge in [0, 0.05) is 0 Å². The largest absolute Gasteiger partial charge is 0.162 e. The van der Waals surface area contributed by atoms with Crippen molar-refractivity contribution in [1.82, 2.24) is 0 Å². The number of hydrogen-bond acceptors (Lipinski definition) is 1. The molecule has 0 aromatic heterocycles. The standard InChI is InChI=1S/C26H54S/c1-3-5-7-9-11-13-15-17-19-21-23-25-27-26-24-22-20-18-16-14-12-10-8-6-4-2/h3-26H2,1-2H3. The second kappa shape index (κ2) is 26.4. The third kappa shape index (κ3) is 26.4. The number of unbranched alkanes of at least 4 members (excludes halogenated alkanes) is 20. The lowest BCUT2D eigenvalue weighted by Crippen LogP contribution is -1.87. The molecular formula is C26H54S. The highest BCUT2D eigenvalue weighted by Gasteiger charge is 1.95. The summed E-state index contributed by atoms with van der Waals surface area (Å²) in [5.74, 6) is 2.82. The van der Waals surface area contributed by atoms with Gasteiger partial charge in [-0.2, -0.15) is 11.8 Å². The van der Waals surface area contributed by atoms with E-state index in [0.717, 1.165) is 0 Å². The first-order chi connectivity index (χ1) is 13.4. The minimum Gasteiger partial charge on any atom is -0.162 e. The van der Waals surface area contributed by atoms with E-state index < -0.39 is 0 Å². The Balaban J connectivity index is 2.95. The van der Waals surface area contributed by atoms with Gasteiger partial charge in [-0.1, -0.05) is 142 Å². The average Bonchev–Trinajstić information content (AvgIpc) is 2.68. The summed E-state index contributed by atoms with van der Waals surface area (Å²) in [6.07, 6.45) is 32.2. The zero-order valence-electron chi connectivity index (χ0n) is 19.4. The first-order valence-electron chi connectivity index (χ1n) is 13.0. The molecule has 0 heterocycles. The van der Waals surface area contributed by atoms with E-state index >= 15 is 0 Å². The van der Waals surface area contributed by atoms with E-state index in [1.165, 1.54) is 153 Å². The lowest BCUT2D eigenvalue weighted by Gasteiger charge is -2.04. The van der Waals surface area contributed by atoms with Crippen molar-refractivity contribution in [3.05, 3.63) is 0 Å². The summed E-state index contributed by atoms with van der Waals surface area (Å²) < 4.78 is 0. The molecular weight excluding hydrogens is 344 g/mol. The number of hydrogen-bond donors (Lipinski definition) is 0. The summed E-state index contributed by atoms with van der Waals surface area (Å²) in [5.41, 5.74) is 0. The van der Waals surface area contributed by atoms with Crippen molar-refractivity contribution in [2.75, 3.05) is 11.5 Å². The number of thioether (sulfide) groups is 1. The summed E-state index contributed by atoms with van der Waals surface area (Å²) in [6.45, 7) is 4.60. The van der Waals surface area contributed by atoms with Gasteiger partial charge in [-0.05, 0) is 24.3 Å². The molecule has 164 valence electrons. The molecule has 0 bridgehead atoms. The van der Waals surface area contributed by atoms with E-state index in [4.69, 9.17) is 0 Å². The van der Waals surface area contributed by atoms with Crippen LogP contribution in [-0.2, 0) is 0 Å². The van der Waals surface area contributed by atoms with Gasteiger partial charge in [-0.25, -0.2) is 0 Å². The van der Waals surface area contributed by atoms with Crippen LogP contribution in [0.4, 0.5) is 0 Å². The number of rotatable bonds is 24. The van der Waals surface area contributed by atoms with Gasteiger partial charge in [0.25, 0.3) is 0 Å². The van der Waals surface area contributed by atoms with Crippen LogP contribution >= 0.6 is 11.8 Å². The lowest BCUT2D eigenvalue weighted by atomic mass is 10.1. The van der Waals surface area contributed by atoms with Gasteiger partial charge >= 0.3 is 0 Å². The molecule has 0 amide bonds.